The highest BCUT2D eigenvalue weighted by atomic mass is 32.1. The van der Waals surface area contributed by atoms with Crippen molar-refractivity contribution in [2.45, 2.75) is 58.8 Å². The predicted octanol–water partition coefficient (Wildman–Crippen LogP) is 3.52. The number of hydrogen-bond acceptors (Lipinski definition) is 3. The standard InChI is InChI=1S/C11H20N2S/c1-7-11(5,6)9-12-8(13-14-9)10(2,3)4/h7H2,1-6H3. The zero-order valence-corrected chi connectivity index (χ0v) is 10.8. The Bertz CT molecular complexity index is 307. The Balaban J connectivity index is 3.00. The van der Waals surface area contributed by atoms with Crippen LogP contribution in [-0.2, 0) is 10.8 Å². The minimum absolute atomic E-state index is 0.0680. The average Bonchev–Trinajstić information content (AvgIpc) is 2.51. The van der Waals surface area contributed by atoms with Gasteiger partial charge in [0.05, 0.1) is 0 Å². The molecule has 14 heavy (non-hydrogen) atoms. The van der Waals surface area contributed by atoms with Crippen molar-refractivity contribution in [2.24, 2.45) is 0 Å². The lowest BCUT2D eigenvalue weighted by molar-refractivity contribution is 0.491. The minimum Gasteiger partial charge on any atom is -0.223 e. The molecule has 0 radical (unpaired) electrons. The van der Waals surface area contributed by atoms with Crippen LogP contribution < -0.4 is 0 Å². The van der Waals surface area contributed by atoms with E-state index in [4.69, 9.17) is 0 Å². The number of rotatable bonds is 2. The maximum atomic E-state index is 4.63. The lowest BCUT2D eigenvalue weighted by atomic mass is 9.91. The van der Waals surface area contributed by atoms with Crippen molar-refractivity contribution < 1.29 is 0 Å². The van der Waals surface area contributed by atoms with Crippen molar-refractivity contribution in [1.82, 2.24) is 9.36 Å². The molecule has 1 rings (SSSR count). The molecule has 0 amide bonds. The summed E-state index contributed by atoms with van der Waals surface area (Å²) >= 11 is 1.55. The molecule has 80 valence electrons. The summed E-state index contributed by atoms with van der Waals surface area (Å²) in [5.41, 5.74) is 0.236. The second kappa shape index (κ2) is 3.61. The first-order chi connectivity index (χ1) is 6.27. The highest BCUT2D eigenvalue weighted by molar-refractivity contribution is 7.05. The van der Waals surface area contributed by atoms with Crippen molar-refractivity contribution >= 4 is 11.5 Å². The van der Waals surface area contributed by atoms with Gasteiger partial charge in [0, 0.05) is 10.8 Å². The highest BCUT2D eigenvalue weighted by Gasteiger charge is 2.26. The van der Waals surface area contributed by atoms with Gasteiger partial charge in [0.2, 0.25) is 0 Å². The molecule has 0 saturated heterocycles. The highest BCUT2D eigenvalue weighted by Crippen LogP contribution is 2.30. The lowest BCUT2D eigenvalue weighted by Crippen LogP contribution is -2.17. The molecule has 0 spiro atoms. The zero-order valence-electron chi connectivity index (χ0n) is 10.0. The molecular formula is C11H20N2S. The zero-order chi connectivity index (χ0) is 11.0. The van der Waals surface area contributed by atoms with Crippen LogP contribution in [0.2, 0.25) is 0 Å². The Morgan fingerprint density at radius 3 is 2.07 bits per heavy atom. The molecule has 0 fully saturated rings. The fourth-order valence-corrected chi connectivity index (χ4v) is 1.96. The largest absolute Gasteiger partial charge is 0.223 e. The van der Waals surface area contributed by atoms with E-state index in [1.165, 1.54) is 0 Å². The van der Waals surface area contributed by atoms with Crippen LogP contribution in [0.1, 0.15) is 58.8 Å². The van der Waals surface area contributed by atoms with Crippen LogP contribution in [0.3, 0.4) is 0 Å². The summed E-state index contributed by atoms with van der Waals surface area (Å²) in [6.45, 7) is 13.1. The van der Waals surface area contributed by atoms with Crippen molar-refractivity contribution in [3.05, 3.63) is 10.8 Å². The molecule has 0 aromatic carbocycles. The maximum absolute atomic E-state index is 4.63. The Kier molecular flexibility index (Phi) is 3.00. The van der Waals surface area contributed by atoms with Gasteiger partial charge in [0.15, 0.2) is 0 Å². The van der Waals surface area contributed by atoms with Crippen LogP contribution in [0.4, 0.5) is 0 Å². The smallest absolute Gasteiger partial charge is 0.147 e. The van der Waals surface area contributed by atoms with Crippen LogP contribution in [0, 0.1) is 0 Å². The van der Waals surface area contributed by atoms with Crippen LogP contribution >= 0.6 is 11.5 Å². The van der Waals surface area contributed by atoms with Crippen LogP contribution in [0.5, 0.6) is 0 Å². The monoisotopic (exact) mass is 212 g/mol. The minimum atomic E-state index is 0.0680. The van der Waals surface area contributed by atoms with E-state index < -0.39 is 0 Å². The van der Waals surface area contributed by atoms with Crippen LogP contribution in [-0.4, -0.2) is 9.36 Å². The molecule has 1 aromatic heterocycles. The molecule has 0 saturated carbocycles. The molecule has 0 bridgehead atoms. The molecule has 0 aliphatic carbocycles. The van der Waals surface area contributed by atoms with Crippen molar-refractivity contribution in [3.63, 3.8) is 0 Å². The number of nitrogens with zero attached hydrogens (tertiary/aromatic N) is 2. The topological polar surface area (TPSA) is 25.8 Å². The third-order valence-electron chi connectivity index (χ3n) is 2.56. The van der Waals surface area contributed by atoms with Crippen molar-refractivity contribution in [2.75, 3.05) is 0 Å². The molecule has 0 atom stereocenters. The summed E-state index contributed by atoms with van der Waals surface area (Å²) < 4.78 is 4.43. The summed E-state index contributed by atoms with van der Waals surface area (Å²) in [4.78, 5) is 4.63. The quantitative estimate of drug-likeness (QED) is 0.749. The predicted molar refractivity (Wildman–Crippen MR) is 61.9 cm³/mol. The molecule has 1 heterocycles. The van der Waals surface area contributed by atoms with E-state index in [1.807, 2.05) is 0 Å². The summed E-state index contributed by atoms with van der Waals surface area (Å²) in [7, 11) is 0. The van der Waals surface area contributed by atoms with E-state index in [-0.39, 0.29) is 10.8 Å². The normalized spacial score (nSPS) is 13.3. The van der Waals surface area contributed by atoms with Gasteiger partial charge in [0.1, 0.15) is 10.8 Å². The summed E-state index contributed by atoms with van der Waals surface area (Å²) in [5.74, 6) is 0.971. The van der Waals surface area contributed by atoms with E-state index in [2.05, 4.69) is 50.9 Å². The first-order valence-electron chi connectivity index (χ1n) is 5.12. The molecule has 2 nitrogen and oxygen atoms in total. The van der Waals surface area contributed by atoms with E-state index in [0.717, 1.165) is 17.3 Å². The lowest BCUT2D eigenvalue weighted by Gasteiger charge is -2.18. The van der Waals surface area contributed by atoms with Crippen molar-refractivity contribution in [1.29, 1.82) is 0 Å². The second-order valence-corrected chi connectivity index (χ2v) is 6.16. The molecule has 1 aromatic rings. The summed E-state index contributed by atoms with van der Waals surface area (Å²) in [6, 6.07) is 0. The Hall–Kier alpha value is -0.440. The number of hydrogen-bond donors (Lipinski definition) is 0. The summed E-state index contributed by atoms with van der Waals surface area (Å²) in [6.07, 6.45) is 1.10. The fourth-order valence-electron chi connectivity index (χ4n) is 0.954. The number of aromatic nitrogens is 2. The molecular weight excluding hydrogens is 192 g/mol. The van der Waals surface area contributed by atoms with Gasteiger partial charge in [-0.2, -0.15) is 4.37 Å². The molecule has 0 aliphatic rings. The first-order valence-corrected chi connectivity index (χ1v) is 5.89. The van der Waals surface area contributed by atoms with Gasteiger partial charge in [-0.05, 0) is 18.0 Å². The molecule has 0 N–H and O–H groups in total. The third-order valence-corrected chi connectivity index (χ3v) is 3.64. The second-order valence-electron chi connectivity index (χ2n) is 5.41. The maximum Gasteiger partial charge on any atom is 0.147 e. The van der Waals surface area contributed by atoms with Gasteiger partial charge < -0.3 is 0 Å². The Labute approximate surface area is 90.9 Å². The van der Waals surface area contributed by atoms with Gasteiger partial charge in [0.25, 0.3) is 0 Å². The SMILES string of the molecule is CCC(C)(C)c1nc(C(C)(C)C)ns1. The van der Waals surface area contributed by atoms with Crippen molar-refractivity contribution in [3.8, 4) is 0 Å². The third kappa shape index (κ3) is 2.32. The average molecular weight is 212 g/mol. The van der Waals surface area contributed by atoms with E-state index >= 15 is 0 Å². The van der Waals surface area contributed by atoms with Crippen LogP contribution in [0.25, 0.3) is 0 Å². The first kappa shape index (κ1) is 11.6. The van der Waals surface area contributed by atoms with Gasteiger partial charge in [-0.25, -0.2) is 4.98 Å². The van der Waals surface area contributed by atoms with Crippen LogP contribution in [0.15, 0.2) is 0 Å². The van der Waals surface area contributed by atoms with Gasteiger partial charge in [-0.15, -0.1) is 0 Å². The summed E-state index contributed by atoms with van der Waals surface area (Å²) in [5, 5.41) is 1.16. The van der Waals surface area contributed by atoms with Gasteiger partial charge >= 0.3 is 0 Å². The van der Waals surface area contributed by atoms with E-state index in [9.17, 15) is 0 Å². The Morgan fingerprint density at radius 1 is 1.14 bits per heavy atom. The molecule has 0 unspecified atom stereocenters. The van der Waals surface area contributed by atoms with E-state index in [1.54, 1.807) is 11.5 Å². The van der Waals surface area contributed by atoms with Gasteiger partial charge in [-0.1, -0.05) is 41.5 Å². The molecule has 0 aliphatic heterocycles. The molecule has 3 heteroatoms. The van der Waals surface area contributed by atoms with Gasteiger partial charge in [-0.3, -0.25) is 0 Å². The fraction of sp³-hybridized carbons (Fsp3) is 0.818. The van der Waals surface area contributed by atoms with E-state index in [0.29, 0.717) is 0 Å². The Morgan fingerprint density at radius 2 is 1.71 bits per heavy atom.